The van der Waals surface area contributed by atoms with Crippen LogP contribution >= 0.6 is 0 Å². The molecule has 0 bridgehead atoms. The molecule has 0 spiro atoms. The van der Waals surface area contributed by atoms with E-state index in [2.05, 4.69) is 4.72 Å². The summed E-state index contributed by atoms with van der Waals surface area (Å²) in [5, 5.41) is 9.26. The first-order valence-electron chi connectivity index (χ1n) is 9.14. The van der Waals surface area contributed by atoms with Crippen molar-refractivity contribution in [2.45, 2.75) is 37.0 Å². The van der Waals surface area contributed by atoms with Gasteiger partial charge in [-0.1, -0.05) is 12.1 Å². The van der Waals surface area contributed by atoms with E-state index in [-0.39, 0.29) is 16.6 Å². The smallest absolute Gasteiger partial charge is 0.240 e. The van der Waals surface area contributed by atoms with Crippen LogP contribution in [-0.4, -0.2) is 32.5 Å². The number of nitrogens with one attached hydrogen (secondary N) is 1. The molecule has 0 radical (unpaired) electrons. The zero-order chi connectivity index (χ0) is 19.3. The van der Waals surface area contributed by atoms with E-state index in [0.29, 0.717) is 25.9 Å². The SMILES string of the molecule is O=C1CCCCN1c1ccc(S(=O)(=O)NCCCc2ccc(O)cc2)cc1. The zero-order valence-corrected chi connectivity index (χ0v) is 15.9. The largest absolute Gasteiger partial charge is 0.508 e. The molecule has 27 heavy (non-hydrogen) atoms. The lowest BCUT2D eigenvalue weighted by atomic mass is 10.1. The molecule has 144 valence electrons. The van der Waals surface area contributed by atoms with Crippen molar-refractivity contribution in [1.29, 1.82) is 0 Å². The van der Waals surface area contributed by atoms with Crippen LogP contribution in [0, 0.1) is 0 Å². The lowest BCUT2D eigenvalue weighted by Crippen LogP contribution is -2.35. The number of rotatable bonds is 7. The van der Waals surface area contributed by atoms with Crippen molar-refractivity contribution in [3.8, 4) is 5.75 Å². The van der Waals surface area contributed by atoms with Crippen molar-refractivity contribution in [2.24, 2.45) is 0 Å². The summed E-state index contributed by atoms with van der Waals surface area (Å²) in [6, 6.07) is 13.3. The number of aromatic hydroxyl groups is 1. The number of aryl methyl sites for hydroxylation is 1. The molecule has 0 saturated carbocycles. The van der Waals surface area contributed by atoms with Crippen LogP contribution in [0.3, 0.4) is 0 Å². The first kappa shape index (κ1) is 19.4. The summed E-state index contributed by atoms with van der Waals surface area (Å²) in [7, 11) is -3.58. The van der Waals surface area contributed by atoms with Gasteiger partial charge in [-0.3, -0.25) is 4.79 Å². The van der Waals surface area contributed by atoms with Gasteiger partial charge in [-0.25, -0.2) is 13.1 Å². The number of nitrogens with zero attached hydrogens (tertiary/aromatic N) is 1. The van der Waals surface area contributed by atoms with Crippen molar-refractivity contribution >= 4 is 21.6 Å². The van der Waals surface area contributed by atoms with Crippen LogP contribution in [0.1, 0.15) is 31.2 Å². The standard InChI is InChI=1S/C20H24N2O4S/c23-18-10-6-16(7-11-18)4-3-14-21-27(25,26)19-12-8-17(9-13-19)22-15-2-1-5-20(22)24/h6-13,21,23H,1-5,14-15H2. The number of sulfonamides is 1. The highest BCUT2D eigenvalue weighted by atomic mass is 32.2. The summed E-state index contributed by atoms with van der Waals surface area (Å²) in [6.07, 6.45) is 3.80. The molecular weight excluding hydrogens is 364 g/mol. The van der Waals surface area contributed by atoms with Crippen LogP contribution in [0.25, 0.3) is 0 Å². The van der Waals surface area contributed by atoms with Crippen LogP contribution in [0.4, 0.5) is 5.69 Å². The second-order valence-corrected chi connectivity index (χ2v) is 8.43. The van der Waals surface area contributed by atoms with Gasteiger partial charge in [0.05, 0.1) is 4.90 Å². The Morgan fingerprint density at radius 1 is 1.00 bits per heavy atom. The molecule has 3 rings (SSSR count). The highest BCUT2D eigenvalue weighted by molar-refractivity contribution is 7.89. The van der Waals surface area contributed by atoms with Gasteiger partial charge in [0, 0.05) is 25.2 Å². The highest BCUT2D eigenvalue weighted by Crippen LogP contribution is 2.22. The zero-order valence-electron chi connectivity index (χ0n) is 15.1. The fourth-order valence-corrected chi connectivity index (χ4v) is 4.20. The molecule has 1 saturated heterocycles. The molecule has 2 N–H and O–H groups in total. The molecule has 6 nitrogen and oxygen atoms in total. The Labute approximate surface area is 159 Å². The first-order chi connectivity index (χ1) is 13.0. The molecular formula is C20H24N2O4S. The number of hydrogen-bond donors (Lipinski definition) is 2. The third kappa shape index (κ3) is 5.08. The van der Waals surface area contributed by atoms with Gasteiger partial charge in [-0.15, -0.1) is 0 Å². The fraction of sp³-hybridized carbons (Fsp3) is 0.350. The maximum Gasteiger partial charge on any atom is 0.240 e. The van der Waals surface area contributed by atoms with Crippen LogP contribution in [0.15, 0.2) is 53.4 Å². The number of carbonyl (C=O) groups excluding carboxylic acids is 1. The average molecular weight is 388 g/mol. The predicted molar refractivity (Wildman–Crippen MR) is 104 cm³/mol. The van der Waals surface area contributed by atoms with Crippen LogP contribution in [-0.2, 0) is 21.2 Å². The molecule has 1 heterocycles. The predicted octanol–water partition coefficient (Wildman–Crippen LogP) is 2.82. The van der Waals surface area contributed by atoms with Gasteiger partial charge in [0.25, 0.3) is 0 Å². The summed E-state index contributed by atoms with van der Waals surface area (Å²) in [4.78, 5) is 13.9. The minimum absolute atomic E-state index is 0.0872. The van der Waals surface area contributed by atoms with Crippen molar-refractivity contribution < 1.29 is 18.3 Å². The van der Waals surface area contributed by atoms with Gasteiger partial charge >= 0.3 is 0 Å². The molecule has 1 aliphatic rings. The van der Waals surface area contributed by atoms with E-state index < -0.39 is 10.0 Å². The van der Waals surface area contributed by atoms with Crippen molar-refractivity contribution in [3.63, 3.8) is 0 Å². The van der Waals surface area contributed by atoms with E-state index >= 15 is 0 Å². The van der Waals surface area contributed by atoms with Gasteiger partial charge < -0.3 is 10.0 Å². The van der Waals surface area contributed by atoms with Gasteiger partial charge in [-0.05, 0) is 67.6 Å². The van der Waals surface area contributed by atoms with Crippen molar-refractivity contribution in [3.05, 3.63) is 54.1 Å². The van der Waals surface area contributed by atoms with E-state index in [4.69, 9.17) is 0 Å². The summed E-state index contributed by atoms with van der Waals surface area (Å²) in [5.41, 5.74) is 1.79. The molecule has 1 fully saturated rings. The summed E-state index contributed by atoms with van der Waals surface area (Å²) >= 11 is 0. The molecule has 1 aliphatic heterocycles. The monoisotopic (exact) mass is 388 g/mol. The van der Waals surface area contributed by atoms with E-state index in [1.54, 1.807) is 41.3 Å². The molecule has 0 atom stereocenters. The van der Waals surface area contributed by atoms with Gasteiger partial charge in [0.1, 0.15) is 5.75 Å². The third-order valence-corrected chi connectivity index (χ3v) is 6.13. The molecule has 1 amide bonds. The maximum absolute atomic E-state index is 12.4. The number of phenols is 1. The van der Waals surface area contributed by atoms with Gasteiger partial charge in [0.15, 0.2) is 0 Å². The quantitative estimate of drug-likeness (QED) is 0.714. The lowest BCUT2D eigenvalue weighted by Gasteiger charge is -2.26. The van der Waals surface area contributed by atoms with E-state index in [0.717, 1.165) is 30.5 Å². The van der Waals surface area contributed by atoms with E-state index in [1.165, 1.54) is 0 Å². The number of carbonyl (C=O) groups is 1. The van der Waals surface area contributed by atoms with E-state index in [1.807, 2.05) is 12.1 Å². The fourth-order valence-electron chi connectivity index (χ4n) is 3.13. The van der Waals surface area contributed by atoms with Crippen LogP contribution < -0.4 is 9.62 Å². The Hall–Kier alpha value is -2.38. The number of phenolic OH excluding ortho intramolecular Hbond substituents is 1. The van der Waals surface area contributed by atoms with E-state index in [9.17, 15) is 18.3 Å². The Kier molecular flexibility index (Phi) is 6.13. The topological polar surface area (TPSA) is 86.7 Å². The van der Waals surface area contributed by atoms with Crippen LogP contribution in [0.2, 0.25) is 0 Å². The van der Waals surface area contributed by atoms with Crippen molar-refractivity contribution in [1.82, 2.24) is 4.72 Å². The van der Waals surface area contributed by atoms with Gasteiger partial charge in [-0.2, -0.15) is 0 Å². The number of benzene rings is 2. The average Bonchev–Trinajstić information content (AvgIpc) is 2.67. The molecule has 2 aromatic carbocycles. The molecule has 7 heteroatoms. The second kappa shape index (κ2) is 8.54. The normalized spacial score (nSPS) is 15.1. The molecule has 0 aromatic heterocycles. The Morgan fingerprint density at radius 2 is 1.70 bits per heavy atom. The molecule has 0 aliphatic carbocycles. The second-order valence-electron chi connectivity index (χ2n) is 6.66. The molecule has 0 unspecified atom stereocenters. The molecule has 2 aromatic rings. The highest BCUT2D eigenvalue weighted by Gasteiger charge is 2.20. The Bertz CT molecular complexity index is 877. The van der Waals surface area contributed by atoms with Gasteiger partial charge in [0.2, 0.25) is 15.9 Å². The lowest BCUT2D eigenvalue weighted by molar-refractivity contribution is -0.119. The summed E-state index contributed by atoms with van der Waals surface area (Å²) in [6.45, 7) is 1.01. The minimum Gasteiger partial charge on any atom is -0.508 e. The summed E-state index contributed by atoms with van der Waals surface area (Å²) in [5.74, 6) is 0.304. The summed E-state index contributed by atoms with van der Waals surface area (Å²) < 4.78 is 27.4. The third-order valence-electron chi connectivity index (χ3n) is 4.65. The maximum atomic E-state index is 12.4. The Morgan fingerprint density at radius 3 is 2.37 bits per heavy atom. The first-order valence-corrected chi connectivity index (χ1v) is 10.6. The Balaban J connectivity index is 1.54. The number of piperidine rings is 1. The van der Waals surface area contributed by atoms with Crippen LogP contribution in [0.5, 0.6) is 5.75 Å². The van der Waals surface area contributed by atoms with Crippen molar-refractivity contribution in [2.75, 3.05) is 18.0 Å². The number of amides is 1. The minimum atomic E-state index is -3.58. The number of hydrogen-bond acceptors (Lipinski definition) is 4. The number of anilines is 1.